The highest BCUT2D eigenvalue weighted by molar-refractivity contribution is 6.30. The molecule has 4 nitrogen and oxygen atoms in total. The van der Waals surface area contributed by atoms with Crippen molar-refractivity contribution in [3.05, 3.63) is 34.6 Å². The maximum atomic E-state index is 13.9. The number of hydrogen-bond donors (Lipinski definition) is 2. The lowest BCUT2D eigenvalue weighted by molar-refractivity contribution is -0.0720. The molecule has 1 aromatic rings. The molecule has 0 bridgehead atoms. The second-order valence-electron chi connectivity index (χ2n) is 5.93. The zero-order valence-corrected chi connectivity index (χ0v) is 13.3. The number of likely N-dealkylation sites (tertiary alicyclic amines) is 1. The molecule has 2 atom stereocenters. The maximum absolute atomic E-state index is 13.9. The molecule has 22 heavy (non-hydrogen) atoms. The van der Waals surface area contributed by atoms with Crippen LogP contribution in [0.4, 0.5) is 4.39 Å². The van der Waals surface area contributed by atoms with E-state index in [1.54, 1.807) is 0 Å². The highest BCUT2D eigenvalue weighted by atomic mass is 35.5. The second kappa shape index (κ2) is 6.94. The van der Waals surface area contributed by atoms with Crippen molar-refractivity contribution in [1.82, 2.24) is 4.90 Å². The molecule has 6 heteroatoms. The van der Waals surface area contributed by atoms with Crippen molar-refractivity contribution in [3.63, 3.8) is 0 Å². The minimum atomic E-state index is -0.731. The van der Waals surface area contributed by atoms with Gasteiger partial charge < -0.3 is 15.1 Å². The van der Waals surface area contributed by atoms with Crippen LogP contribution in [-0.2, 0) is 0 Å². The van der Waals surface area contributed by atoms with Gasteiger partial charge in [0.05, 0.1) is 18.3 Å². The number of carbonyl (C=O) groups excluding carboxylic acids is 1. The van der Waals surface area contributed by atoms with Crippen LogP contribution in [0.25, 0.3) is 0 Å². The Morgan fingerprint density at radius 2 is 2.27 bits per heavy atom. The highest BCUT2D eigenvalue weighted by Gasteiger charge is 2.43. The van der Waals surface area contributed by atoms with E-state index >= 15 is 0 Å². The van der Waals surface area contributed by atoms with E-state index in [0.29, 0.717) is 19.4 Å². The fourth-order valence-electron chi connectivity index (χ4n) is 3.13. The van der Waals surface area contributed by atoms with Gasteiger partial charge in [-0.2, -0.15) is 0 Å². The fraction of sp³-hybridized carbons (Fsp3) is 0.562. The molecule has 1 fully saturated rings. The van der Waals surface area contributed by atoms with Crippen molar-refractivity contribution in [2.75, 3.05) is 19.7 Å². The van der Waals surface area contributed by atoms with Gasteiger partial charge in [0.25, 0.3) is 5.91 Å². The van der Waals surface area contributed by atoms with Gasteiger partial charge in [-0.3, -0.25) is 4.79 Å². The van der Waals surface area contributed by atoms with Crippen LogP contribution in [0.15, 0.2) is 18.2 Å². The van der Waals surface area contributed by atoms with Gasteiger partial charge in [-0.25, -0.2) is 4.39 Å². The number of hydrogen-bond acceptors (Lipinski definition) is 3. The van der Waals surface area contributed by atoms with Crippen LogP contribution < -0.4 is 0 Å². The van der Waals surface area contributed by atoms with E-state index in [9.17, 15) is 19.4 Å². The highest BCUT2D eigenvalue weighted by Crippen LogP contribution is 2.35. The van der Waals surface area contributed by atoms with Crippen LogP contribution >= 0.6 is 11.6 Å². The molecule has 0 aromatic heterocycles. The minimum absolute atomic E-state index is 0.0378. The molecule has 0 spiro atoms. The van der Waals surface area contributed by atoms with Crippen molar-refractivity contribution in [2.45, 2.75) is 32.3 Å². The third-order valence-corrected chi connectivity index (χ3v) is 4.63. The average Bonchev–Trinajstić information content (AvgIpc) is 2.49. The molecule has 1 aliphatic heterocycles. The van der Waals surface area contributed by atoms with Gasteiger partial charge in [0.15, 0.2) is 0 Å². The third kappa shape index (κ3) is 3.26. The number of halogens is 2. The van der Waals surface area contributed by atoms with E-state index in [0.717, 1.165) is 12.5 Å². The molecule has 122 valence electrons. The van der Waals surface area contributed by atoms with Crippen LogP contribution in [0, 0.1) is 11.2 Å². The summed E-state index contributed by atoms with van der Waals surface area (Å²) in [6.45, 7) is 2.32. The molecule has 1 saturated heterocycles. The Morgan fingerprint density at radius 1 is 1.55 bits per heavy atom. The van der Waals surface area contributed by atoms with Crippen molar-refractivity contribution in [2.24, 2.45) is 5.41 Å². The summed E-state index contributed by atoms with van der Waals surface area (Å²) < 4.78 is 13.9. The number of nitrogens with zero attached hydrogens (tertiary/aromatic N) is 1. The maximum Gasteiger partial charge on any atom is 0.256 e. The molecule has 0 unspecified atom stereocenters. The van der Waals surface area contributed by atoms with Gasteiger partial charge in [0.1, 0.15) is 5.82 Å². The normalized spacial score (nSPS) is 25.3. The van der Waals surface area contributed by atoms with E-state index in [-0.39, 0.29) is 23.7 Å². The molecule has 1 aromatic carbocycles. The van der Waals surface area contributed by atoms with Gasteiger partial charge >= 0.3 is 0 Å². The second-order valence-corrected chi connectivity index (χ2v) is 6.36. The Bertz CT molecular complexity index is 554. The summed E-state index contributed by atoms with van der Waals surface area (Å²) in [6, 6.07) is 3.95. The standard InChI is InChI=1S/C16H21ClFNO3/c1-2-6-16(10-20)9-19(7-5-14(16)21)15(22)12-4-3-11(17)8-13(12)18/h3-4,8,14,20-21H,2,5-7,9-10H2,1H3/t14-,16-/m0/s1. The third-order valence-electron chi connectivity index (χ3n) is 4.40. The first kappa shape index (κ1) is 17.2. The average molecular weight is 330 g/mol. The summed E-state index contributed by atoms with van der Waals surface area (Å²) in [6.07, 6.45) is 1.12. The Hall–Kier alpha value is -1.17. The van der Waals surface area contributed by atoms with Crippen LogP contribution in [-0.4, -0.2) is 46.8 Å². The number of carbonyl (C=O) groups is 1. The molecule has 1 heterocycles. The molecule has 2 rings (SSSR count). The van der Waals surface area contributed by atoms with E-state index in [1.165, 1.54) is 17.0 Å². The Balaban J connectivity index is 2.23. The van der Waals surface area contributed by atoms with Crippen molar-refractivity contribution in [3.8, 4) is 0 Å². The quantitative estimate of drug-likeness (QED) is 0.892. The summed E-state index contributed by atoms with van der Waals surface area (Å²) in [7, 11) is 0. The predicted octanol–water partition coefficient (Wildman–Crippen LogP) is 2.46. The Morgan fingerprint density at radius 3 is 2.86 bits per heavy atom. The van der Waals surface area contributed by atoms with Gasteiger partial charge in [0.2, 0.25) is 0 Å². The van der Waals surface area contributed by atoms with Gasteiger partial charge in [-0.15, -0.1) is 0 Å². The molecule has 0 saturated carbocycles. The summed E-state index contributed by atoms with van der Waals surface area (Å²) >= 11 is 5.70. The molecule has 0 aliphatic carbocycles. The number of rotatable bonds is 4. The van der Waals surface area contributed by atoms with Crippen LogP contribution in [0.1, 0.15) is 36.5 Å². The zero-order chi connectivity index (χ0) is 16.3. The van der Waals surface area contributed by atoms with E-state index < -0.39 is 23.2 Å². The topological polar surface area (TPSA) is 60.8 Å². The summed E-state index contributed by atoms with van der Waals surface area (Å²) in [5.74, 6) is -1.09. The van der Waals surface area contributed by atoms with E-state index in [1.807, 2.05) is 6.92 Å². The lowest BCUT2D eigenvalue weighted by atomic mass is 9.74. The van der Waals surface area contributed by atoms with E-state index in [2.05, 4.69) is 0 Å². The number of amides is 1. The SMILES string of the molecule is CCC[C@@]1(CO)CN(C(=O)c2ccc(Cl)cc2F)CC[C@@H]1O. The first-order chi connectivity index (χ1) is 10.4. The number of benzene rings is 1. The minimum Gasteiger partial charge on any atom is -0.396 e. The van der Waals surface area contributed by atoms with Crippen molar-refractivity contribution in [1.29, 1.82) is 0 Å². The Kier molecular flexibility index (Phi) is 5.42. The lowest BCUT2D eigenvalue weighted by Crippen LogP contribution is -2.55. The number of aliphatic hydroxyl groups is 2. The van der Waals surface area contributed by atoms with Crippen LogP contribution in [0.2, 0.25) is 5.02 Å². The van der Waals surface area contributed by atoms with Crippen molar-refractivity contribution < 1.29 is 19.4 Å². The van der Waals surface area contributed by atoms with Gasteiger partial charge in [-0.1, -0.05) is 24.9 Å². The predicted molar refractivity (Wildman–Crippen MR) is 82.4 cm³/mol. The van der Waals surface area contributed by atoms with Gasteiger partial charge in [0, 0.05) is 23.5 Å². The molecule has 0 radical (unpaired) electrons. The monoisotopic (exact) mass is 329 g/mol. The first-order valence-corrected chi connectivity index (χ1v) is 7.84. The molecular weight excluding hydrogens is 309 g/mol. The van der Waals surface area contributed by atoms with Crippen molar-refractivity contribution >= 4 is 17.5 Å². The largest absolute Gasteiger partial charge is 0.396 e. The Labute approximate surface area is 134 Å². The molecule has 1 aliphatic rings. The zero-order valence-electron chi connectivity index (χ0n) is 12.6. The number of piperidine rings is 1. The number of aliphatic hydroxyl groups excluding tert-OH is 2. The van der Waals surface area contributed by atoms with Gasteiger partial charge in [-0.05, 0) is 31.0 Å². The summed E-state index contributed by atoms with van der Waals surface area (Å²) in [5, 5.41) is 20.2. The fourth-order valence-corrected chi connectivity index (χ4v) is 3.29. The smallest absolute Gasteiger partial charge is 0.256 e. The molecular formula is C16H21ClFNO3. The van der Waals surface area contributed by atoms with Crippen LogP contribution in [0.3, 0.4) is 0 Å². The summed E-state index contributed by atoms with van der Waals surface area (Å²) in [5.41, 5.74) is -0.768. The van der Waals surface area contributed by atoms with E-state index in [4.69, 9.17) is 11.6 Å². The van der Waals surface area contributed by atoms with Crippen LogP contribution in [0.5, 0.6) is 0 Å². The lowest BCUT2D eigenvalue weighted by Gasteiger charge is -2.45. The molecule has 1 amide bonds. The first-order valence-electron chi connectivity index (χ1n) is 7.47. The summed E-state index contributed by atoms with van der Waals surface area (Å²) in [4.78, 5) is 14.0. The molecule has 2 N–H and O–H groups in total.